The summed E-state index contributed by atoms with van der Waals surface area (Å²) in [6, 6.07) is 16.7. The number of amides is 1. The van der Waals surface area contributed by atoms with Crippen molar-refractivity contribution >= 4 is 17.7 Å². The van der Waals surface area contributed by atoms with Crippen molar-refractivity contribution < 1.29 is 4.79 Å². The number of benzene rings is 2. The van der Waals surface area contributed by atoms with Gasteiger partial charge in [-0.25, -0.2) is 0 Å². The highest BCUT2D eigenvalue weighted by Crippen LogP contribution is 2.23. The van der Waals surface area contributed by atoms with E-state index in [-0.39, 0.29) is 11.9 Å². The number of carbonyl (C=O) groups is 1. The van der Waals surface area contributed by atoms with Crippen LogP contribution in [0.15, 0.2) is 53.7 Å². The van der Waals surface area contributed by atoms with Gasteiger partial charge in [0.2, 0.25) is 5.91 Å². The average Bonchev–Trinajstić information content (AvgIpc) is 3.07. The van der Waals surface area contributed by atoms with E-state index in [1.165, 1.54) is 22.9 Å². The van der Waals surface area contributed by atoms with Crippen LogP contribution in [0.3, 0.4) is 0 Å². The number of rotatable bonds is 8. The Balaban J connectivity index is 1.55. The Kier molecular flexibility index (Phi) is 7.32. The van der Waals surface area contributed by atoms with Crippen molar-refractivity contribution in [3.63, 3.8) is 0 Å². The van der Waals surface area contributed by atoms with Crippen molar-refractivity contribution in [2.24, 2.45) is 13.0 Å². The van der Waals surface area contributed by atoms with Crippen molar-refractivity contribution in [2.45, 2.75) is 45.3 Å². The van der Waals surface area contributed by atoms with Gasteiger partial charge in [-0.3, -0.25) is 4.79 Å². The van der Waals surface area contributed by atoms with Crippen LogP contribution in [0, 0.1) is 12.8 Å². The third-order valence-electron chi connectivity index (χ3n) is 4.98. The summed E-state index contributed by atoms with van der Waals surface area (Å²) in [7, 11) is 1.93. The summed E-state index contributed by atoms with van der Waals surface area (Å²) in [5, 5.41) is 12.3. The van der Waals surface area contributed by atoms with Crippen molar-refractivity contribution in [2.75, 3.05) is 5.75 Å². The van der Waals surface area contributed by atoms with Gasteiger partial charge in [0.05, 0.1) is 11.8 Å². The monoisotopic (exact) mass is 422 g/mol. The largest absolute Gasteiger partial charge is 0.349 e. The molecule has 1 aromatic heterocycles. The lowest BCUT2D eigenvalue weighted by molar-refractivity contribution is -0.119. The predicted octanol–water partition coefficient (Wildman–Crippen LogP) is 4.96. The van der Waals surface area contributed by atoms with Crippen LogP contribution in [0.4, 0.5) is 0 Å². The van der Waals surface area contributed by atoms with E-state index in [0.29, 0.717) is 11.7 Å². The van der Waals surface area contributed by atoms with Gasteiger partial charge in [-0.05, 0) is 37.3 Å². The Bertz CT molecular complexity index is 977. The normalized spacial score (nSPS) is 12.2. The first-order chi connectivity index (χ1) is 14.3. The number of nitrogens with one attached hydrogen (secondary N) is 1. The minimum absolute atomic E-state index is 0.0151. The van der Waals surface area contributed by atoms with Gasteiger partial charge in [-0.1, -0.05) is 79.7 Å². The molecule has 1 unspecified atom stereocenters. The highest BCUT2D eigenvalue weighted by molar-refractivity contribution is 7.99. The Morgan fingerprint density at radius 1 is 1.03 bits per heavy atom. The lowest BCUT2D eigenvalue weighted by Gasteiger charge is -2.15. The fourth-order valence-electron chi connectivity index (χ4n) is 3.30. The molecular weight excluding hydrogens is 392 g/mol. The van der Waals surface area contributed by atoms with Crippen LogP contribution in [0.2, 0.25) is 0 Å². The van der Waals surface area contributed by atoms with E-state index in [0.717, 1.165) is 28.5 Å². The maximum Gasteiger partial charge on any atom is 0.230 e. The Labute approximate surface area is 183 Å². The number of hydrogen-bond donors (Lipinski definition) is 1. The summed E-state index contributed by atoms with van der Waals surface area (Å²) in [5.41, 5.74) is 4.66. The highest BCUT2D eigenvalue weighted by Gasteiger charge is 2.14. The van der Waals surface area contributed by atoms with Crippen LogP contribution in [0.25, 0.3) is 11.4 Å². The molecule has 0 aliphatic rings. The van der Waals surface area contributed by atoms with E-state index in [1.807, 2.05) is 30.7 Å². The molecule has 0 saturated heterocycles. The summed E-state index contributed by atoms with van der Waals surface area (Å²) in [6.45, 7) is 8.50. The van der Waals surface area contributed by atoms with Crippen LogP contribution in [0.1, 0.15) is 43.5 Å². The van der Waals surface area contributed by atoms with Gasteiger partial charge in [-0.15, -0.1) is 10.2 Å². The predicted molar refractivity (Wildman–Crippen MR) is 123 cm³/mol. The zero-order chi connectivity index (χ0) is 21.7. The average molecular weight is 423 g/mol. The maximum atomic E-state index is 12.4. The molecule has 0 radical (unpaired) electrons. The maximum absolute atomic E-state index is 12.4. The molecule has 1 N–H and O–H groups in total. The lowest BCUT2D eigenvalue weighted by Crippen LogP contribution is -2.28. The molecule has 3 aromatic rings. The molecular formula is C24H30N4OS. The Morgan fingerprint density at radius 3 is 2.33 bits per heavy atom. The zero-order valence-electron chi connectivity index (χ0n) is 18.3. The molecule has 0 spiro atoms. The number of hydrogen-bond acceptors (Lipinski definition) is 4. The van der Waals surface area contributed by atoms with E-state index in [1.54, 1.807) is 0 Å². The number of thioether (sulfide) groups is 1. The third-order valence-corrected chi connectivity index (χ3v) is 6.00. The van der Waals surface area contributed by atoms with Crippen molar-refractivity contribution in [3.8, 4) is 11.4 Å². The molecule has 6 heteroatoms. The summed E-state index contributed by atoms with van der Waals surface area (Å²) in [5.74, 6) is 1.72. The highest BCUT2D eigenvalue weighted by atomic mass is 32.2. The van der Waals surface area contributed by atoms with Crippen LogP contribution in [-0.2, 0) is 18.3 Å². The fraction of sp³-hybridized carbons (Fsp3) is 0.375. The van der Waals surface area contributed by atoms with Gasteiger partial charge < -0.3 is 9.88 Å². The molecule has 2 aromatic carbocycles. The molecule has 1 atom stereocenters. The Hall–Kier alpha value is -2.60. The second-order valence-corrected chi connectivity index (χ2v) is 9.09. The second kappa shape index (κ2) is 9.94. The lowest BCUT2D eigenvalue weighted by atomic mass is 10.00. The SMILES string of the molecule is Cc1ccc(-c2nnc(SCC(=O)NC(C)c3ccc(CC(C)C)cc3)n2C)cc1. The Morgan fingerprint density at radius 2 is 1.70 bits per heavy atom. The minimum atomic E-state index is -0.0335. The fourth-order valence-corrected chi connectivity index (χ4v) is 4.03. The second-order valence-electron chi connectivity index (χ2n) is 8.15. The molecule has 0 saturated carbocycles. The van der Waals surface area contributed by atoms with Gasteiger partial charge >= 0.3 is 0 Å². The van der Waals surface area contributed by atoms with Crippen molar-refractivity contribution in [1.82, 2.24) is 20.1 Å². The number of aromatic nitrogens is 3. The first kappa shape index (κ1) is 22.1. The van der Waals surface area contributed by atoms with Crippen LogP contribution >= 0.6 is 11.8 Å². The summed E-state index contributed by atoms with van der Waals surface area (Å²) < 4.78 is 1.93. The summed E-state index contributed by atoms with van der Waals surface area (Å²) in [4.78, 5) is 12.4. The van der Waals surface area contributed by atoms with E-state index in [9.17, 15) is 4.79 Å². The van der Waals surface area contributed by atoms with Crippen molar-refractivity contribution in [1.29, 1.82) is 0 Å². The molecule has 158 valence electrons. The standard InChI is InChI=1S/C24H30N4OS/c1-16(2)14-19-8-12-20(13-9-19)18(4)25-22(29)15-30-24-27-26-23(28(24)5)21-10-6-17(3)7-11-21/h6-13,16,18H,14-15H2,1-5H3,(H,25,29). The van der Waals surface area contributed by atoms with Gasteiger partial charge in [0, 0.05) is 12.6 Å². The summed E-state index contributed by atoms with van der Waals surface area (Å²) >= 11 is 1.40. The topological polar surface area (TPSA) is 59.8 Å². The molecule has 0 aliphatic heterocycles. The number of nitrogens with zero attached hydrogens (tertiary/aromatic N) is 3. The quantitative estimate of drug-likeness (QED) is 0.521. The molecule has 5 nitrogen and oxygen atoms in total. The van der Waals surface area contributed by atoms with E-state index in [2.05, 4.69) is 72.7 Å². The minimum Gasteiger partial charge on any atom is -0.349 e. The molecule has 30 heavy (non-hydrogen) atoms. The summed E-state index contributed by atoms with van der Waals surface area (Å²) in [6.07, 6.45) is 1.07. The molecule has 1 heterocycles. The molecule has 1 amide bonds. The van der Waals surface area contributed by atoms with Crippen LogP contribution in [-0.4, -0.2) is 26.4 Å². The first-order valence-corrected chi connectivity index (χ1v) is 11.3. The number of aryl methyl sites for hydroxylation is 1. The molecule has 0 bridgehead atoms. The van der Waals surface area contributed by atoms with E-state index < -0.39 is 0 Å². The van der Waals surface area contributed by atoms with Gasteiger partial charge in [0.15, 0.2) is 11.0 Å². The molecule has 0 fully saturated rings. The molecule has 0 aliphatic carbocycles. The van der Waals surface area contributed by atoms with Crippen LogP contribution < -0.4 is 5.32 Å². The zero-order valence-corrected chi connectivity index (χ0v) is 19.2. The third kappa shape index (κ3) is 5.72. The van der Waals surface area contributed by atoms with Gasteiger partial charge in [-0.2, -0.15) is 0 Å². The van der Waals surface area contributed by atoms with Gasteiger partial charge in [0.25, 0.3) is 0 Å². The van der Waals surface area contributed by atoms with E-state index in [4.69, 9.17) is 0 Å². The van der Waals surface area contributed by atoms with E-state index >= 15 is 0 Å². The van der Waals surface area contributed by atoms with Gasteiger partial charge in [0.1, 0.15) is 0 Å². The number of carbonyl (C=O) groups excluding carboxylic acids is 1. The first-order valence-electron chi connectivity index (χ1n) is 10.3. The smallest absolute Gasteiger partial charge is 0.230 e. The molecule has 3 rings (SSSR count). The van der Waals surface area contributed by atoms with Crippen molar-refractivity contribution in [3.05, 3.63) is 65.2 Å². The van der Waals surface area contributed by atoms with Crippen LogP contribution in [0.5, 0.6) is 0 Å².